The van der Waals surface area contributed by atoms with Crippen molar-refractivity contribution >= 4 is 29.1 Å². The number of alkyl halides is 2. The van der Waals surface area contributed by atoms with E-state index in [4.69, 9.17) is 27.9 Å². The lowest BCUT2D eigenvalue weighted by molar-refractivity contribution is -0.133. The van der Waals surface area contributed by atoms with Crippen LogP contribution in [0.5, 0.6) is 0 Å². The number of ether oxygens (including phenoxy) is 1. The molecule has 1 heterocycles. The van der Waals surface area contributed by atoms with E-state index in [1.54, 1.807) is 4.90 Å². The molecule has 0 unspecified atom stereocenters. The summed E-state index contributed by atoms with van der Waals surface area (Å²) < 4.78 is 5.05. The molecule has 0 radical (unpaired) electrons. The first-order valence-electron chi connectivity index (χ1n) is 3.36. The molecule has 3 nitrogen and oxygen atoms in total. The van der Waals surface area contributed by atoms with Crippen LogP contribution in [-0.2, 0) is 9.53 Å². The summed E-state index contributed by atoms with van der Waals surface area (Å²) in [5.74, 6) is -0.225. The van der Waals surface area contributed by atoms with Crippen LogP contribution < -0.4 is 0 Å². The molecule has 0 aromatic carbocycles. The molecule has 0 N–H and O–H groups in total. The van der Waals surface area contributed by atoms with Gasteiger partial charge in [-0.25, -0.2) is 0 Å². The molecule has 1 aliphatic heterocycles. The van der Waals surface area contributed by atoms with Crippen molar-refractivity contribution in [3.8, 4) is 0 Å². The summed E-state index contributed by atoms with van der Waals surface area (Å²) in [6.45, 7) is 2.34. The molecule has 0 bridgehead atoms. The molecule has 11 heavy (non-hydrogen) atoms. The van der Waals surface area contributed by atoms with E-state index in [2.05, 4.69) is 0 Å². The van der Waals surface area contributed by atoms with Crippen LogP contribution in [0.3, 0.4) is 0 Å². The van der Waals surface area contributed by atoms with E-state index in [9.17, 15) is 4.79 Å². The van der Waals surface area contributed by atoms with Gasteiger partial charge in [-0.15, -0.1) is 0 Å². The highest BCUT2D eigenvalue weighted by atomic mass is 35.5. The van der Waals surface area contributed by atoms with E-state index < -0.39 is 4.84 Å². The lowest BCUT2D eigenvalue weighted by Crippen LogP contribution is -2.43. The number of hydrogen-bond acceptors (Lipinski definition) is 2. The van der Waals surface area contributed by atoms with Gasteiger partial charge in [-0.3, -0.25) is 4.79 Å². The summed E-state index contributed by atoms with van der Waals surface area (Å²) in [5.41, 5.74) is 0. The maximum absolute atomic E-state index is 11.1. The summed E-state index contributed by atoms with van der Waals surface area (Å²) in [6.07, 6.45) is 0. The topological polar surface area (TPSA) is 29.5 Å². The zero-order valence-electron chi connectivity index (χ0n) is 5.93. The molecule has 1 saturated heterocycles. The van der Waals surface area contributed by atoms with Crippen molar-refractivity contribution in [2.24, 2.45) is 0 Å². The molecular formula is C6H9Cl2NO2. The summed E-state index contributed by atoms with van der Waals surface area (Å²) >= 11 is 10.8. The molecule has 0 aromatic rings. The van der Waals surface area contributed by atoms with E-state index >= 15 is 0 Å². The maximum atomic E-state index is 11.1. The molecule has 0 aromatic heterocycles. The zero-order valence-corrected chi connectivity index (χ0v) is 7.44. The van der Waals surface area contributed by atoms with E-state index in [0.717, 1.165) is 0 Å². The Hall–Kier alpha value is 0.01000. The van der Waals surface area contributed by atoms with E-state index in [1.165, 1.54) is 0 Å². The van der Waals surface area contributed by atoms with Crippen molar-refractivity contribution < 1.29 is 9.53 Å². The molecule has 1 amide bonds. The van der Waals surface area contributed by atoms with Crippen molar-refractivity contribution in [1.29, 1.82) is 0 Å². The summed E-state index contributed by atoms with van der Waals surface area (Å²) in [7, 11) is 0. The minimum atomic E-state index is -0.937. The second-order valence-corrected chi connectivity index (χ2v) is 3.33. The van der Waals surface area contributed by atoms with E-state index in [0.29, 0.717) is 26.3 Å². The average Bonchev–Trinajstić information content (AvgIpc) is 2.05. The van der Waals surface area contributed by atoms with Crippen molar-refractivity contribution in [3.63, 3.8) is 0 Å². The Morgan fingerprint density at radius 2 is 1.91 bits per heavy atom. The Labute approximate surface area is 75.2 Å². The Bertz CT molecular complexity index is 146. The van der Waals surface area contributed by atoms with Gasteiger partial charge in [0.25, 0.3) is 5.91 Å². The van der Waals surface area contributed by atoms with Gasteiger partial charge in [0.2, 0.25) is 0 Å². The fourth-order valence-corrected chi connectivity index (χ4v) is 1.20. The van der Waals surface area contributed by atoms with Crippen LogP contribution >= 0.6 is 23.2 Å². The molecular weight excluding hydrogens is 189 g/mol. The first kappa shape index (κ1) is 9.10. The highest BCUT2D eigenvalue weighted by Gasteiger charge is 2.21. The standard InChI is InChI=1S/C6H9Cl2NO2/c7-5(8)6(10)9-1-3-11-4-2-9/h5H,1-4H2. The molecule has 0 saturated carbocycles. The number of amides is 1. The maximum Gasteiger partial charge on any atom is 0.256 e. The van der Waals surface area contributed by atoms with Crippen LogP contribution in [0.4, 0.5) is 0 Å². The Morgan fingerprint density at radius 3 is 2.36 bits per heavy atom. The van der Waals surface area contributed by atoms with E-state index in [-0.39, 0.29) is 5.91 Å². The minimum Gasteiger partial charge on any atom is -0.378 e. The third-order valence-corrected chi connectivity index (χ3v) is 1.88. The van der Waals surface area contributed by atoms with Crippen molar-refractivity contribution in [3.05, 3.63) is 0 Å². The third kappa shape index (κ3) is 2.51. The lowest BCUT2D eigenvalue weighted by atomic mass is 10.4. The number of rotatable bonds is 1. The molecule has 1 rings (SSSR count). The third-order valence-electron chi connectivity index (χ3n) is 1.51. The second kappa shape index (κ2) is 4.14. The number of hydrogen-bond donors (Lipinski definition) is 0. The lowest BCUT2D eigenvalue weighted by Gasteiger charge is -2.27. The predicted molar refractivity (Wildman–Crippen MR) is 42.9 cm³/mol. The number of carbonyl (C=O) groups excluding carboxylic acids is 1. The van der Waals surface area contributed by atoms with Gasteiger partial charge in [-0.2, -0.15) is 0 Å². The fraction of sp³-hybridized carbons (Fsp3) is 0.833. The normalized spacial score (nSPS) is 19.0. The van der Waals surface area contributed by atoms with Gasteiger partial charge in [0.15, 0.2) is 4.84 Å². The van der Waals surface area contributed by atoms with Crippen LogP contribution in [0, 0.1) is 0 Å². The molecule has 5 heteroatoms. The molecule has 0 aliphatic carbocycles. The first-order valence-corrected chi connectivity index (χ1v) is 4.24. The fourth-order valence-electron chi connectivity index (χ4n) is 0.922. The first-order chi connectivity index (χ1) is 5.22. The van der Waals surface area contributed by atoms with Gasteiger partial charge in [-0.1, -0.05) is 23.2 Å². The van der Waals surface area contributed by atoms with Gasteiger partial charge in [0, 0.05) is 13.1 Å². The summed E-state index contributed by atoms with van der Waals surface area (Å²) in [6, 6.07) is 0. The number of carbonyl (C=O) groups is 1. The Balaban J connectivity index is 2.39. The monoisotopic (exact) mass is 197 g/mol. The second-order valence-electron chi connectivity index (χ2n) is 2.24. The molecule has 1 fully saturated rings. The van der Waals surface area contributed by atoms with Gasteiger partial charge >= 0.3 is 0 Å². The minimum absolute atomic E-state index is 0.225. The summed E-state index contributed by atoms with van der Waals surface area (Å²) in [4.78, 5) is 11.8. The van der Waals surface area contributed by atoms with Gasteiger partial charge in [0.05, 0.1) is 13.2 Å². The van der Waals surface area contributed by atoms with Crippen molar-refractivity contribution in [1.82, 2.24) is 4.90 Å². The van der Waals surface area contributed by atoms with Crippen molar-refractivity contribution in [2.75, 3.05) is 26.3 Å². The largest absolute Gasteiger partial charge is 0.378 e. The SMILES string of the molecule is O=C(C(Cl)Cl)N1CCOCC1. The smallest absolute Gasteiger partial charge is 0.256 e. The number of morpholine rings is 1. The van der Waals surface area contributed by atoms with Crippen LogP contribution in [0.15, 0.2) is 0 Å². The highest BCUT2D eigenvalue weighted by Crippen LogP contribution is 2.08. The van der Waals surface area contributed by atoms with Crippen LogP contribution in [-0.4, -0.2) is 41.9 Å². The highest BCUT2D eigenvalue weighted by molar-refractivity contribution is 6.53. The summed E-state index contributed by atoms with van der Waals surface area (Å²) in [5, 5.41) is 0. The molecule has 64 valence electrons. The quantitative estimate of drug-likeness (QED) is 0.579. The average molecular weight is 198 g/mol. The van der Waals surface area contributed by atoms with Crippen LogP contribution in [0.2, 0.25) is 0 Å². The van der Waals surface area contributed by atoms with Crippen LogP contribution in [0.1, 0.15) is 0 Å². The Kier molecular flexibility index (Phi) is 3.43. The number of halogens is 2. The molecule has 0 atom stereocenters. The zero-order chi connectivity index (χ0) is 8.27. The van der Waals surface area contributed by atoms with E-state index in [1.807, 2.05) is 0 Å². The van der Waals surface area contributed by atoms with Gasteiger partial charge in [0.1, 0.15) is 0 Å². The van der Waals surface area contributed by atoms with Crippen molar-refractivity contribution in [2.45, 2.75) is 4.84 Å². The van der Waals surface area contributed by atoms with Gasteiger partial charge < -0.3 is 9.64 Å². The molecule has 1 aliphatic rings. The Morgan fingerprint density at radius 1 is 1.36 bits per heavy atom. The van der Waals surface area contributed by atoms with Gasteiger partial charge in [-0.05, 0) is 0 Å². The predicted octanol–water partition coefficient (Wildman–Crippen LogP) is 0.649. The number of nitrogens with zero attached hydrogens (tertiary/aromatic N) is 1. The molecule has 0 spiro atoms. The van der Waals surface area contributed by atoms with Crippen LogP contribution in [0.25, 0.3) is 0 Å².